The van der Waals surface area contributed by atoms with E-state index in [1.165, 1.54) is 0 Å². The van der Waals surface area contributed by atoms with Gasteiger partial charge in [-0.1, -0.05) is 12.1 Å². The first-order chi connectivity index (χ1) is 18.7. The van der Waals surface area contributed by atoms with Crippen LogP contribution in [0.4, 0.5) is 0 Å². The minimum absolute atomic E-state index is 0.139. The van der Waals surface area contributed by atoms with Gasteiger partial charge < -0.3 is 29.9 Å². The van der Waals surface area contributed by atoms with Gasteiger partial charge in [-0.05, 0) is 38.8 Å². The number of para-hydroxylation sites is 2. The van der Waals surface area contributed by atoms with E-state index in [0.717, 1.165) is 12.8 Å². The van der Waals surface area contributed by atoms with Crippen LogP contribution in [0.2, 0.25) is 0 Å². The van der Waals surface area contributed by atoms with Gasteiger partial charge in [0.15, 0.2) is 17.1 Å². The molecule has 15 heteroatoms. The zero-order valence-corrected chi connectivity index (χ0v) is 23.3. The van der Waals surface area contributed by atoms with Gasteiger partial charge in [0.1, 0.15) is 4.90 Å². The minimum atomic E-state index is -3.54. The van der Waals surface area contributed by atoms with Gasteiger partial charge in [0.05, 0.1) is 32.3 Å². The summed E-state index contributed by atoms with van der Waals surface area (Å²) in [6.45, 7) is 5.77. The first-order valence-corrected chi connectivity index (χ1v) is 13.9. The summed E-state index contributed by atoms with van der Waals surface area (Å²) in [6, 6.07) is 7.49. The Morgan fingerprint density at radius 2 is 1.70 bits per heavy atom. The highest BCUT2D eigenvalue weighted by molar-refractivity contribution is 7.89. The second kappa shape index (κ2) is 14.1. The Hall–Kier alpha value is -3.69. The highest BCUT2D eigenvalue weighted by Crippen LogP contribution is 2.29. The van der Waals surface area contributed by atoms with Crippen LogP contribution in [0.5, 0.6) is 11.5 Å². The molecule has 1 atom stereocenters. The molecule has 0 spiro atoms. The summed E-state index contributed by atoms with van der Waals surface area (Å²) in [4.78, 5) is 30.8. The molecule has 222 valence electrons. The molecule has 1 aromatic carbocycles. The summed E-state index contributed by atoms with van der Waals surface area (Å²) in [7, 11) is -1.93. The summed E-state index contributed by atoms with van der Waals surface area (Å²) in [5.74, 6) is -3.52. The molecule has 0 saturated carbocycles. The number of carboxylic acid groups (broad SMARTS) is 3. The maximum atomic E-state index is 13.1. The predicted molar refractivity (Wildman–Crippen MR) is 140 cm³/mol. The van der Waals surface area contributed by atoms with E-state index in [9.17, 15) is 22.8 Å². The van der Waals surface area contributed by atoms with Gasteiger partial charge in [-0.25, -0.2) is 13.2 Å². The molecule has 1 aromatic heterocycles. The fraction of sp³-hybridized carbons (Fsp3) is 0.520. The fourth-order valence-corrected chi connectivity index (χ4v) is 5.82. The lowest BCUT2D eigenvalue weighted by Gasteiger charge is -2.31. The van der Waals surface area contributed by atoms with Crippen LogP contribution in [0.25, 0.3) is 0 Å². The number of ether oxygens (including phenoxy) is 2. The van der Waals surface area contributed by atoms with E-state index in [0.29, 0.717) is 48.3 Å². The van der Waals surface area contributed by atoms with E-state index < -0.39 is 46.4 Å². The number of carbonyl (C=O) groups is 3. The minimum Gasteiger partial charge on any atom is -0.493 e. The summed E-state index contributed by atoms with van der Waals surface area (Å²) in [5, 5.41) is 38.1. The molecule has 14 nitrogen and oxygen atoms in total. The molecular weight excluding hydrogens is 550 g/mol. The SMILES string of the molecule is CCn1cc(S(=O)(=O)N2CCCC(COc3ccccc3OC)C2)c(C)n1.O=C(O)CC(O)(CC(=O)O)C(=O)O. The van der Waals surface area contributed by atoms with E-state index in [1.54, 1.807) is 29.2 Å². The first-order valence-electron chi connectivity index (χ1n) is 12.4. The van der Waals surface area contributed by atoms with Crippen LogP contribution in [-0.4, -0.2) is 93.2 Å². The van der Waals surface area contributed by atoms with E-state index in [2.05, 4.69) is 5.10 Å². The molecule has 1 aliphatic rings. The van der Waals surface area contributed by atoms with Crippen molar-refractivity contribution in [1.29, 1.82) is 0 Å². The van der Waals surface area contributed by atoms with Crippen LogP contribution < -0.4 is 9.47 Å². The number of carboxylic acids is 3. The van der Waals surface area contributed by atoms with Crippen molar-refractivity contribution >= 4 is 27.9 Å². The van der Waals surface area contributed by atoms with E-state index in [4.69, 9.17) is 29.9 Å². The lowest BCUT2D eigenvalue weighted by atomic mass is 9.96. The van der Waals surface area contributed by atoms with Crippen molar-refractivity contribution in [2.24, 2.45) is 5.92 Å². The van der Waals surface area contributed by atoms with Crippen LogP contribution in [0.15, 0.2) is 35.4 Å². The van der Waals surface area contributed by atoms with Crippen molar-refractivity contribution < 1.29 is 52.7 Å². The average Bonchev–Trinajstić information content (AvgIpc) is 3.28. The largest absolute Gasteiger partial charge is 0.493 e. The molecule has 3 rings (SSSR count). The zero-order chi connectivity index (χ0) is 30.1. The molecule has 1 unspecified atom stereocenters. The normalized spacial score (nSPS) is 15.9. The van der Waals surface area contributed by atoms with Crippen LogP contribution in [-0.2, 0) is 31.0 Å². The van der Waals surface area contributed by atoms with Crippen LogP contribution >= 0.6 is 0 Å². The number of benzene rings is 1. The summed E-state index contributed by atoms with van der Waals surface area (Å²) in [5.41, 5.74) is -2.19. The van der Waals surface area contributed by atoms with Crippen molar-refractivity contribution in [3.8, 4) is 11.5 Å². The molecule has 1 saturated heterocycles. The standard InChI is InChI=1S/C19H27N3O4S.C6H8O7/c1-4-21-13-19(15(2)20-21)27(23,24)22-11-7-8-16(12-22)14-26-18-10-6-5-9-17(18)25-3;7-3(8)1-6(13,5(11)12)2-4(9)10/h5-6,9-10,13,16H,4,7-8,11-12,14H2,1-3H3;13H,1-2H2,(H,7,8)(H,9,10)(H,11,12). The molecule has 0 radical (unpaired) electrons. The van der Waals surface area contributed by atoms with Gasteiger partial charge in [0, 0.05) is 31.7 Å². The smallest absolute Gasteiger partial charge is 0.336 e. The topological polar surface area (TPSA) is 206 Å². The molecule has 1 fully saturated rings. The number of hydrogen-bond donors (Lipinski definition) is 4. The summed E-state index contributed by atoms with van der Waals surface area (Å²) >= 11 is 0. The Balaban J connectivity index is 0.000000366. The number of aliphatic hydroxyl groups is 1. The van der Waals surface area contributed by atoms with Crippen molar-refractivity contribution in [1.82, 2.24) is 14.1 Å². The number of sulfonamides is 1. The molecule has 2 aromatic rings. The van der Waals surface area contributed by atoms with Gasteiger partial charge in [-0.2, -0.15) is 9.40 Å². The maximum Gasteiger partial charge on any atom is 0.336 e. The third-order valence-corrected chi connectivity index (χ3v) is 8.12. The second-order valence-corrected chi connectivity index (χ2v) is 11.2. The fourth-order valence-electron chi connectivity index (χ4n) is 4.09. The number of aliphatic carboxylic acids is 3. The van der Waals surface area contributed by atoms with Crippen LogP contribution in [0, 0.1) is 12.8 Å². The molecule has 2 heterocycles. The predicted octanol–water partition coefficient (Wildman–Crippen LogP) is 1.45. The van der Waals surface area contributed by atoms with E-state index in [-0.39, 0.29) is 5.92 Å². The quantitative estimate of drug-likeness (QED) is 0.279. The lowest BCUT2D eigenvalue weighted by molar-refractivity contribution is -0.170. The van der Waals surface area contributed by atoms with Gasteiger partial charge in [0.2, 0.25) is 10.0 Å². The molecule has 0 aliphatic carbocycles. The third kappa shape index (κ3) is 8.66. The Labute approximate surface area is 231 Å². The maximum absolute atomic E-state index is 13.1. The molecule has 4 N–H and O–H groups in total. The number of aryl methyl sites for hydroxylation is 2. The number of rotatable bonds is 12. The molecule has 0 bridgehead atoms. The third-order valence-electron chi connectivity index (χ3n) is 6.15. The molecule has 0 amide bonds. The highest BCUT2D eigenvalue weighted by Gasteiger charge is 2.40. The van der Waals surface area contributed by atoms with E-state index >= 15 is 0 Å². The van der Waals surface area contributed by atoms with Gasteiger partial charge in [0.25, 0.3) is 0 Å². The number of piperidine rings is 1. The number of nitrogens with zero attached hydrogens (tertiary/aromatic N) is 3. The van der Waals surface area contributed by atoms with Crippen LogP contribution in [0.1, 0.15) is 38.3 Å². The van der Waals surface area contributed by atoms with Gasteiger partial charge >= 0.3 is 17.9 Å². The average molecular weight is 586 g/mol. The first kappa shape index (κ1) is 32.5. The highest BCUT2D eigenvalue weighted by atomic mass is 32.2. The van der Waals surface area contributed by atoms with Gasteiger partial charge in [-0.3, -0.25) is 14.3 Å². The number of aromatic nitrogens is 2. The second-order valence-electron chi connectivity index (χ2n) is 9.25. The zero-order valence-electron chi connectivity index (χ0n) is 22.5. The van der Waals surface area contributed by atoms with Crippen LogP contribution in [0.3, 0.4) is 0 Å². The van der Waals surface area contributed by atoms with Crippen molar-refractivity contribution in [3.05, 3.63) is 36.2 Å². The molecule has 40 heavy (non-hydrogen) atoms. The molecular formula is C25H35N3O11S. The Morgan fingerprint density at radius 1 is 1.10 bits per heavy atom. The number of hydrogen-bond acceptors (Lipinski definition) is 9. The number of methoxy groups -OCH3 is 1. The Bertz CT molecular complexity index is 1280. The Morgan fingerprint density at radius 3 is 2.20 bits per heavy atom. The lowest BCUT2D eigenvalue weighted by Crippen LogP contribution is -2.42. The Kier molecular flexibility index (Phi) is 11.5. The monoisotopic (exact) mass is 585 g/mol. The summed E-state index contributed by atoms with van der Waals surface area (Å²) < 4.78 is 40.6. The molecule has 1 aliphatic heterocycles. The van der Waals surface area contributed by atoms with Crippen molar-refractivity contribution in [3.63, 3.8) is 0 Å². The summed E-state index contributed by atoms with van der Waals surface area (Å²) in [6.07, 6.45) is 1.09. The van der Waals surface area contributed by atoms with Crippen molar-refractivity contribution in [2.45, 2.75) is 56.6 Å². The van der Waals surface area contributed by atoms with E-state index in [1.807, 2.05) is 31.2 Å². The van der Waals surface area contributed by atoms with Gasteiger partial charge in [-0.15, -0.1) is 0 Å². The van der Waals surface area contributed by atoms with Crippen molar-refractivity contribution in [2.75, 3.05) is 26.8 Å².